The number of hydrogen-bond acceptors (Lipinski definition) is 4. The van der Waals surface area contributed by atoms with E-state index >= 15 is 0 Å². The van der Waals surface area contributed by atoms with E-state index in [0.717, 1.165) is 5.56 Å². The van der Waals surface area contributed by atoms with Crippen molar-refractivity contribution in [3.63, 3.8) is 0 Å². The van der Waals surface area contributed by atoms with E-state index in [2.05, 4.69) is 0 Å². The second kappa shape index (κ2) is 3.92. The number of carbonyl (C=O) groups is 1. The number of rotatable bonds is 3. The Morgan fingerprint density at radius 3 is 2.56 bits per heavy atom. The van der Waals surface area contributed by atoms with Crippen molar-refractivity contribution in [3.05, 3.63) is 17.7 Å². The van der Waals surface area contributed by atoms with E-state index in [0.29, 0.717) is 23.7 Å². The molecule has 5 nitrogen and oxygen atoms in total. The minimum atomic E-state index is -0.986. The molecule has 1 aliphatic heterocycles. The molecule has 1 aliphatic rings. The molecule has 86 valence electrons. The number of carboxylic acids is 1. The Kier molecular flexibility index (Phi) is 2.60. The van der Waals surface area contributed by atoms with Crippen LogP contribution in [0.3, 0.4) is 0 Å². The first-order valence-corrected chi connectivity index (χ1v) is 4.80. The highest BCUT2D eigenvalue weighted by Gasteiger charge is 2.33. The van der Waals surface area contributed by atoms with Crippen LogP contribution in [0.2, 0.25) is 0 Å². The van der Waals surface area contributed by atoms with Crippen LogP contribution in [0.5, 0.6) is 17.2 Å². The highest BCUT2D eigenvalue weighted by molar-refractivity contribution is 5.76. The second-order valence-corrected chi connectivity index (χ2v) is 3.43. The van der Waals surface area contributed by atoms with Crippen LogP contribution in [0.25, 0.3) is 0 Å². The topological polar surface area (TPSA) is 65.0 Å². The van der Waals surface area contributed by atoms with Gasteiger partial charge in [-0.3, -0.25) is 0 Å². The lowest BCUT2D eigenvalue weighted by Gasteiger charge is -2.09. The first-order chi connectivity index (χ1) is 7.67. The minimum absolute atomic E-state index is 0.297. The predicted molar refractivity (Wildman–Crippen MR) is 55.3 cm³/mol. The van der Waals surface area contributed by atoms with Gasteiger partial charge in [-0.25, -0.2) is 4.79 Å². The number of carboxylic acid groups (broad SMARTS) is 1. The van der Waals surface area contributed by atoms with Gasteiger partial charge in [-0.2, -0.15) is 0 Å². The summed E-state index contributed by atoms with van der Waals surface area (Å²) in [4.78, 5) is 10.9. The smallest absolute Gasteiger partial charge is 0.345 e. The highest BCUT2D eigenvalue weighted by atomic mass is 16.5. The third-order valence-corrected chi connectivity index (χ3v) is 2.55. The Morgan fingerprint density at radius 2 is 2.00 bits per heavy atom. The lowest BCUT2D eigenvalue weighted by atomic mass is 10.1. The van der Waals surface area contributed by atoms with Crippen molar-refractivity contribution in [1.29, 1.82) is 0 Å². The molecule has 0 aliphatic carbocycles. The number of ether oxygens (including phenoxy) is 3. The van der Waals surface area contributed by atoms with Gasteiger partial charge in [0.2, 0.25) is 0 Å². The molecule has 1 N–H and O–H groups in total. The third-order valence-electron chi connectivity index (χ3n) is 2.55. The number of methoxy groups -OCH3 is 2. The molecule has 0 saturated heterocycles. The van der Waals surface area contributed by atoms with Gasteiger partial charge in [0.25, 0.3) is 0 Å². The van der Waals surface area contributed by atoms with Gasteiger partial charge in [0.05, 0.1) is 14.2 Å². The van der Waals surface area contributed by atoms with Crippen molar-refractivity contribution in [1.82, 2.24) is 0 Å². The molecule has 0 saturated carbocycles. The van der Waals surface area contributed by atoms with Crippen LogP contribution in [-0.2, 0) is 11.2 Å². The summed E-state index contributed by atoms with van der Waals surface area (Å²) in [6.45, 7) is 0. The predicted octanol–water partition coefficient (Wildman–Crippen LogP) is 1.09. The summed E-state index contributed by atoms with van der Waals surface area (Å²) < 4.78 is 15.6. The maximum Gasteiger partial charge on any atom is 0.345 e. The van der Waals surface area contributed by atoms with E-state index in [-0.39, 0.29) is 0 Å². The standard InChI is InChI=1S/C11H12O5/c1-14-7-3-4-8(15-2)10-6(7)5-9(16-10)11(12)13/h3-4,9H,5H2,1-2H3,(H,12,13)/t9-/m1/s1. The van der Waals surface area contributed by atoms with Gasteiger partial charge < -0.3 is 19.3 Å². The molecule has 0 radical (unpaired) electrons. The number of benzene rings is 1. The zero-order valence-corrected chi connectivity index (χ0v) is 9.02. The summed E-state index contributed by atoms with van der Waals surface area (Å²) in [7, 11) is 3.05. The van der Waals surface area contributed by atoms with Crippen LogP contribution >= 0.6 is 0 Å². The van der Waals surface area contributed by atoms with E-state index < -0.39 is 12.1 Å². The van der Waals surface area contributed by atoms with Gasteiger partial charge in [-0.15, -0.1) is 0 Å². The molecule has 0 bridgehead atoms. The van der Waals surface area contributed by atoms with Gasteiger partial charge in [0.1, 0.15) is 5.75 Å². The molecule has 16 heavy (non-hydrogen) atoms. The quantitative estimate of drug-likeness (QED) is 0.832. The first kappa shape index (κ1) is 10.6. The SMILES string of the molecule is COc1ccc(OC)c2c1C[C@H](C(=O)O)O2. The maximum absolute atomic E-state index is 10.9. The van der Waals surface area contributed by atoms with Crippen LogP contribution in [-0.4, -0.2) is 31.4 Å². The Hall–Kier alpha value is -1.91. The summed E-state index contributed by atoms with van der Waals surface area (Å²) in [5.74, 6) is 0.633. The Labute approximate surface area is 92.5 Å². The minimum Gasteiger partial charge on any atom is -0.496 e. The molecular formula is C11H12O5. The monoisotopic (exact) mass is 224 g/mol. The summed E-state index contributed by atoms with van der Waals surface area (Å²) in [6, 6.07) is 3.44. The largest absolute Gasteiger partial charge is 0.496 e. The molecule has 0 unspecified atom stereocenters. The molecule has 5 heteroatoms. The molecule has 1 aromatic carbocycles. The normalized spacial score (nSPS) is 17.5. The fourth-order valence-electron chi connectivity index (χ4n) is 1.77. The van der Waals surface area contributed by atoms with E-state index in [4.69, 9.17) is 19.3 Å². The number of fused-ring (bicyclic) bond motifs is 1. The molecule has 0 aromatic heterocycles. The molecule has 1 heterocycles. The van der Waals surface area contributed by atoms with Crippen LogP contribution < -0.4 is 14.2 Å². The molecule has 2 rings (SSSR count). The average molecular weight is 224 g/mol. The summed E-state index contributed by atoms with van der Waals surface area (Å²) in [6.07, 6.45) is -0.564. The van der Waals surface area contributed by atoms with Crippen LogP contribution in [0.1, 0.15) is 5.56 Å². The fraction of sp³-hybridized carbons (Fsp3) is 0.364. The first-order valence-electron chi connectivity index (χ1n) is 4.80. The maximum atomic E-state index is 10.9. The van der Waals surface area contributed by atoms with E-state index in [1.807, 2.05) is 0 Å². The van der Waals surface area contributed by atoms with Crippen LogP contribution in [0, 0.1) is 0 Å². The lowest BCUT2D eigenvalue weighted by Crippen LogP contribution is -2.24. The molecule has 0 fully saturated rings. The van der Waals surface area contributed by atoms with Gasteiger partial charge in [0, 0.05) is 12.0 Å². The molecule has 1 aromatic rings. The van der Waals surface area contributed by atoms with Crippen molar-refractivity contribution in [3.8, 4) is 17.2 Å². The number of hydrogen-bond donors (Lipinski definition) is 1. The zero-order valence-electron chi connectivity index (χ0n) is 9.02. The van der Waals surface area contributed by atoms with Crippen molar-refractivity contribution in [2.45, 2.75) is 12.5 Å². The van der Waals surface area contributed by atoms with Crippen molar-refractivity contribution in [2.75, 3.05) is 14.2 Å². The van der Waals surface area contributed by atoms with Gasteiger partial charge in [-0.1, -0.05) is 0 Å². The lowest BCUT2D eigenvalue weighted by molar-refractivity contribution is -0.144. The molecule has 0 amide bonds. The third kappa shape index (κ3) is 1.54. The zero-order chi connectivity index (χ0) is 11.7. The summed E-state index contributed by atoms with van der Waals surface area (Å²) in [5.41, 5.74) is 0.745. The van der Waals surface area contributed by atoms with E-state index in [1.165, 1.54) is 14.2 Å². The molecule has 1 atom stereocenters. The van der Waals surface area contributed by atoms with E-state index in [9.17, 15) is 4.79 Å². The fourth-order valence-corrected chi connectivity index (χ4v) is 1.77. The molecular weight excluding hydrogens is 212 g/mol. The average Bonchev–Trinajstić information content (AvgIpc) is 2.72. The summed E-state index contributed by atoms with van der Waals surface area (Å²) in [5, 5.41) is 8.91. The van der Waals surface area contributed by atoms with Crippen molar-refractivity contribution >= 4 is 5.97 Å². The van der Waals surface area contributed by atoms with Gasteiger partial charge in [-0.05, 0) is 12.1 Å². The Bertz CT molecular complexity index is 394. The van der Waals surface area contributed by atoms with Gasteiger partial charge >= 0.3 is 5.97 Å². The summed E-state index contributed by atoms with van der Waals surface area (Å²) >= 11 is 0. The molecule has 0 spiro atoms. The number of aliphatic carboxylic acids is 1. The Morgan fingerprint density at radius 1 is 1.38 bits per heavy atom. The van der Waals surface area contributed by atoms with Crippen LogP contribution in [0.15, 0.2) is 12.1 Å². The van der Waals surface area contributed by atoms with Crippen LogP contribution in [0.4, 0.5) is 0 Å². The van der Waals surface area contributed by atoms with Crippen molar-refractivity contribution < 1.29 is 24.1 Å². The second-order valence-electron chi connectivity index (χ2n) is 3.43. The van der Waals surface area contributed by atoms with E-state index in [1.54, 1.807) is 12.1 Å². The Balaban J connectivity index is 2.44. The van der Waals surface area contributed by atoms with Crippen molar-refractivity contribution in [2.24, 2.45) is 0 Å². The van der Waals surface area contributed by atoms with Gasteiger partial charge in [0.15, 0.2) is 17.6 Å². The highest BCUT2D eigenvalue weighted by Crippen LogP contribution is 2.43.